The van der Waals surface area contributed by atoms with Crippen molar-refractivity contribution >= 4 is 39.7 Å². The lowest BCUT2D eigenvalue weighted by Gasteiger charge is -2.05. The minimum absolute atomic E-state index is 0.376. The lowest BCUT2D eigenvalue weighted by Crippen LogP contribution is -1.99. The molecule has 1 aromatic carbocycles. The zero-order valence-electron chi connectivity index (χ0n) is 10.8. The van der Waals surface area contributed by atoms with Crippen LogP contribution in [-0.2, 0) is 4.74 Å². The Balaban J connectivity index is 2.29. The number of carbonyl (C=O) groups excluding carboxylic acids is 1. The van der Waals surface area contributed by atoms with E-state index >= 15 is 0 Å². The van der Waals surface area contributed by atoms with E-state index in [0.29, 0.717) is 20.7 Å². The SMILES string of the molecule is COC(=O)c1sc(Nc2cc(C)ccc2Cl)nc1C. The first kappa shape index (κ1) is 13.8. The van der Waals surface area contributed by atoms with Gasteiger partial charge in [0.15, 0.2) is 5.13 Å². The van der Waals surface area contributed by atoms with E-state index < -0.39 is 0 Å². The van der Waals surface area contributed by atoms with Crippen LogP contribution >= 0.6 is 22.9 Å². The number of hydrogen-bond donors (Lipinski definition) is 1. The highest BCUT2D eigenvalue weighted by atomic mass is 35.5. The van der Waals surface area contributed by atoms with Crippen molar-refractivity contribution in [1.29, 1.82) is 0 Å². The second kappa shape index (κ2) is 5.59. The van der Waals surface area contributed by atoms with Gasteiger partial charge in [0, 0.05) is 0 Å². The fourth-order valence-electron chi connectivity index (χ4n) is 1.58. The smallest absolute Gasteiger partial charge is 0.350 e. The molecular formula is C13H13ClN2O2S. The summed E-state index contributed by atoms with van der Waals surface area (Å²) in [6, 6.07) is 5.68. The molecule has 0 saturated heterocycles. The number of carbonyl (C=O) groups is 1. The van der Waals surface area contributed by atoms with Gasteiger partial charge in [0.2, 0.25) is 0 Å². The second-order valence-electron chi connectivity index (χ2n) is 4.03. The Morgan fingerprint density at radius 1 is 1.42 bits per heavy atom. The lowest BCUT2D eigenvalue weighted by molar-refractivity contribution is 0.0605. The van der Waals surface area contributed by atoms with Crippen molar-refractivity contribution in [3.8, 4) is 0 Å². The molecule has 0 saturated carbocycles. The molecule has 1 aromatic heterocycles. The molecule has 0 fully saturated rings. The predicted molar refractivity (Wildman–Crippen MR) is 77.7 cm³/mol. The van der Waals surface area contributed by atoms with Crippen molar-refractivity contribution in [3.05, 3.63) is 39.4 Å². The van der Waals surface area contributed by atoms with E-state index in [4.69, 9.17) is 16.3 Å². The summed E-state index contributed by atoms with van der Waals surface area (Å²) in [4.78, 5) is 16.3. The third-order valence-electron chi connectivity index (χ3n) is 2.53. The van der Waals surface area contributed by atoms with Crippen LogP contribution < -0.4 is 5.32 Å². The third-order valence-corrected chi connectivity index (χ3v) is 3.91. The van der Waals surface area contributed by atoms with E-state index in [2.05, 4.69) is 10.3 Å². The maximum atomic E-state index is 11.5. The number of nitrogens with zero attached hydrogens (tertiary/aromatic N) is 1. The lowest BCUT2D eigenvalue weighted by atomic mass is 10.2. The van der Waals surface area contributed by atoms with Gasteiger partial charge in [0.05, 0.1) is 23.5 Å². The van der Waals surface area contributed by atoms with E-state index in [9.17, 15) is 4.79 Å². The van der Waals surface area contributed by atoms with Crippen LogP contribution in [0.2, 0.25) is 5.02 Å². The topological polar surface area (TPSA) is 51.2 Å². The number of anilines is 2. The van der Waals surface area contributed by atoms with Gasteiger partial charge in [-0.2, -0.15) is 0 Å². The summed E-state index contributed by atoms with van der Waals surface area (Å²) in [7, 11) is 1.35. The normalized spacial score (nSPS) is 10.3. The zero-order valence-corrected chi connectivity index (χ0v) is 12.4. The Hall–Kier alpha value is -1.59. The van der Waals surface area contributed by atoms with Gasteiger partial charge in [-0.1, -0.05) is 29.0 Å². The molecule has 100 valence electrons. The van der Waals surface area contributed by atoms with Crippen LogP contribution in [0.15, 0.2) is 18.2 Å². The molecule has 19 heavy (non-hydrogen) atoms. The number of methoxy groups -OCH3 is 1. The van der Waals surface area contributed by atoms with Crippen molar-refractivity contribution in [2.45, 2.75) is 13.8 Å². The van der Waals surface area contributed by atoms with Gasteiger partial charge in [0.25, 0.3) is 0 Å². The molecule has 2 rings (SSSR count). The van der Waals surface area contributed by atoms with Crippen LogP contribution in [0.4, 0.5) is 10.8 Å². The van der Waals surface area contributed by atoms with E-state index in [1.165, 1.54) is 18.4 Å². The number of thiazole rings is 1. The molecule has 0 aliphatic carbocycles. The summed E-state index contributed by atoms with van der Waals surface area (Å²) < 4.78 is 4.70. The number of nitrogens with one attached hydrogen (secondary N) is 1. The molecule has 0 aliphatic rings. The van der Waals surface area contributed by atoms with Gasteiger partial charge in [-0.15, -0.1) is 0 Å². The van der Waals surface area contributed by atoms with Crippen molar-refractivity contribution in [3.63, 3.8) is 0 Å². The van der Waals surface area contributed by atoms with Gasteiger partial charge in [0.1, 0.15) is 4.88 Å². The number of aromatic nitrogens is 1. The maximum absolute atomic E-state index is 11.5. The molecule has 1 N–H and O–H groups in total. The molecule has 4 nitrogen and oxygen atoms in total. The average molecular weight is 297 g/mol. The molecule has 0 aliphatic heterocycles. The van der Waals surface area contributed by atoms with E-state index in [0.717, 1.165) is 11.3 Å². The van der Waals surface area contributed by atoms with Crippen molar-refractivity contribution in [2.75, 3.05) is 12.4 Å². The predicted octanol–water partition coefficient (Wildman–Crippen LogP) is 3.94. The van der Waals surface area contributed by atoms with Gasteiger partial charge < -0.3 is 10.1 Å². The molecule has 6 heteroatoms. The molecule has 2 aromatic rings. The number of halogens is 1. The van der Waals surface area contributed by atoms with Crippen molar-refractivity contribution in [2.24, 2.45) is 0 Å². The van der Waals surface area contributed by atoms with Crippen LogP contribution in [-0.4, -0.2) is 18.1 Å². The highest BCUT2D eigenvalue weighted by Crippen LogP contribution is 2.30. The van der Waals surface area contributed by atoms with Gasteiger partial charge >= 0.3 is 5.97 Å². The molecule has 0 amide bonds. The molecule has 1 heterocycles. The van der Waals surface area contributed by atoms with Gasteiger partial charge in [-0.05, 0) is 31.5 Å². The third kappa shape index (κ3) is 3.05. The molecule has 0 spiro atoms. The molecule has 0 radical (unpaired) electrons. The van der Waals surface area contributed by atoms with E-state index in [1.54, 1.807) is 6.92 Å². The Kier molecular flexibility index (Phi) is 4.07. The highest BCUT2D eigenvalue weighted by molar-refractivity contribution is 7.17. The highest BCUT2D eigenvalue weighted by Gasteiger charge is 2.16. The molecule has 0 atom stereocenters. The van der Waals surface area contributed by atoms with Crippen LogP contribution in [0.3, 0.4) is 0 Å². The van der Waals surface area contributed by atoms with Crippen LogP contribution in [0.25, 0.3) is 0 Å². The summed E-state index contributed by atoms with van der Waals surface area (Å²) in [6.45, 7) is 3.75. The first-order valence-electron chi connectivity index (χ1n) is 5.60. The summed E-state index contributed by atoms with van der Waals surface area (Å²) in [6.07, 6.45) is 0. The molecule has 0 unspecified atom stereocenters. The first-order chi connectivity index (χ1) is 9.01. The zero-order chi connectivity index (χ0) is 14.0. The van der Waals surface area contributed by atoms with Crippen molar-refractivity contribution < 1.29 is 9.53 Å². The molecule has 0 bridgehead atoms. The summed E-state index contributed by atoms with van der Waals surface area (Å²) in [5.41, 5.74) is 2.50. The number of hydrogen-bond acceptors (Lipinski definition) is 5. The van der Waals surface area contributed by atoms with Crippen LogP contribution in [0.5, 0.6) is 0 Å². The average Bonchev–Trinajstić information content (AvgIpc) is 2.74. The van der Waals surface area contributed by atoms with Gasteiger partial charge in [-0.3, -0.25) is 0 Å². The number of aryl methyl sites for hydroxylation is 2. The minimum Gasteiger partial charge on any atom is -0.465 e. The van der Waals surface area contributed by atoms with Crippen LogP contribution in [0, 0.1) is 13.8 Å². The fourth-order valence-corrected chi connectivity index (χ4v) is 2.64. The fraction of sp³-hybridized carbons (Fsp3) is 0.231. The van der Waals surface area contributed by atoms with Crippen LogP contribution in [0.1, 0.15) is 20.9 Å². The maximum Gasteiger partial charge on any atom is 0.350 e. The van der Waals surface area contributed by atoms with E-state index in [1.807, 2.05) is 25.1 Å². The minimum atomic E-state index is -0.376. The largest absolute Gasteiger partial charge is 0.465 e. The number of ether oxygens (including phenoxy) is 1. The summed E-state index contributed by atoms with van der Waals surface area (Å²) in [5.74, 6) is -0.376. The quantitative estimate of drug-likeness (QED) is 0.872. The monoisotopic (exact) mass is 296 g/mol. The Bertz CT molecular complexity index is 625. The Labute approximate surface area is 120 Å². The standard InChI is InChI=1S/C13H13ClN2O2S/c1-7-4-5-9(14)10(6-7)16-13-15-8(2)11(19-13)12(17)18-3/h4-6H,1-3H3,(H,15,16). The van der Waals surface area contributed by atoms with E-state index in [-0.39, 0.29) is 5.97 Å². The first-order valence-corrected chi connectivity index (χ1v) is 6.79. The molecular weight excluding hydrogens is 284 g/mol. The number of rotatable bonds is 3. The Morgan fingerprint density at radius 3 is 2.84 bits per heavy atom. The number of benzene rings is 1. The number of esters is 1. The summed E-state index contributed by atoms with van der Waals surface area (Å²) in [5, 5.41) is 4.35. The van der Waals surface area contributed by atoms with Gasteiger partial charge in [-0.25, -0.2) is 9.78 Å². The summed E-state index contributed by atoms with van der Waals surface area (Å²) >= 11 is 7.35. The Morgan fingerprint density at radius 2 is 2.16 bits per heavy atom. The van der Waals surface area contributed by atoms with Crippen molar-refractivity contribution in [1.82, 2.24) is 4.98 Å². The second-order valence-corrected chi connectivity index (χ2v) is 5.44.